The van der Waals surface area contributed by atoms with Gasteiger partial charge < -0.3 is 9.64 Å². The van der Waals surface area contributed by atoms with Crippen LogP contribution in [-0.2, 0) is 9.53 Å². The number of nitrogens with one attached hydrogen (secondary N) is 1. The molecule has 1 saturated carbocycles. The zero-order valence-corrected chi connectivity index (χ0v) is 13.0. The van der Waals surface area contributed by atoms with Crippen molar-refractivity contribution in [3.63, 3.8) is 0 Å². The normalized spacial score (nSPS) is 32.6. The van der Waals surface area contributed by atoms with Crippen molar-refractivity contribution in [3.05, 3.63) is 35.9 Å². The molecule has 0 spiro atoms. The van der Waals surface area contributed by atoms with Crippen LogP contribution >= 0.6 is 0 Å². The van der Waals surface area contributed by atoms with Crippen LogP contribution in [0.15, 0.2) is 30.3 Å². The van der Waals surface area contributed by atoms with E-state index in [0.717, 1.165) is 18.4 Å². The molecule has 1 aromatic carbocycles. The Balaban J connectivity index is 1.80. The molecule has 1 amide bonds. The SMILES string of the molecule is COC1CC(N2C(=O)C(c3ccccc3)NC2C(C)C)C1. The van der Waals surface area contributed by atoms with Gasteiger partial charge in [-0.1, -0.05) is 44.2 Å². The third kappa shape index (κ3) is 2.58. The highest BCUT2D eigenvalue weighted by Crippen LogP contribution is 2.36. The molecule has 0 radical (unpaired) electrons. The first-order valence-corrected chi connectivity index (χ1v) is 7.77. The van der Waals surface area contributed by atoms with Crippen LogP contribution in [0.5, 0.6) is 0 Å². The van der Waals surface area contributed by atoms with Gasteiger partial charge in [0.2, 0.25) is 5.91 Å². The molecule has 3 rings (SSSR count). The van der Waals surface area contributed by atoms with Gasteiger partial charge in [-0.05, 0) is 24.3 Å². The second-order valence-electron chi connectivity index (χ2n) is 6.43. The summed E-state index contributed by atoms with van der Waals surface area (Å²) in [5.74, 6) is 0.601. The number of hydrogen-bond acceptors (Lipinski definition) is 3. The molecule has 2 atom stereocenters. The Hall–Kier alpha value is -1.39. The van der Waals surface area contributed by atoms with E-state index in [1.807, 2.05) is 30.3 Å². The van der Waals surface area contributed by atoms with E-state index >= 15 is 0 Å². The Labute approximate surface area is 126 Å². The first kappa shape index (κ1) is 14.5. The molecule has 4 heteroatoms. The number of amides is 1. The second-order valence-corrected chi connectivity index (χ2v) is 6.43. The lowest BCUT2D eigenvalue weighted by Gasteiger charge is -2.43. The number of nitrogens with zero attached hydrogens (tertiary/aromatic N) is 1. The van der Waals surface area contributed by atoms with E-state index in [-0.39, 0.29) is 18.1 Å². The molecule has 1 aromatic rings. The summed E-state index contributed by atoms with van der Waals surface area (Å²) < 4.78 is 5.36. The van der Waals surface area contributed by atoms with Crippen LogP contribution in [0.4, 0.5) is 0 Å². The lowest BCUT2D eigenvalue weighted by molar-refractivity contribution is -0.138. The molecule has 2 aliphatic rings. The molecule has 21 heavy (non-hydrogen) atoms. The minimum absolute atomic E-state index is 0.116. The number of hydrogen-bond donors (Lipinski definition) is 1. The summed E-state index contributed by atoms with van der Waals surface area (Å²) in [7, 11) is 1.75. The molecule has 114 valence electrons. The van der Waals surface area contributed by atoms with Gasteiger partial charge in [0.1, 0.15) is 6.04 Å². The number of methoxy groups -OCH3 is 1. The highest BCUT2D eigenvalue weighted by molar-refractivity contribution is 5.86. The number of benzene rings is 1. The third-order valence-corrected chi connectivity index (χ3v) is 4.70. The fraction of sp³-hybridized carbons (Fsp3) is 0.588. The highest BCUT2D eigenvalue weighted by atomic mass is 16.5. The lowest BCUT2D eigenvalue weighted by Crippen LogP contribution is -2.54. The monoisotopic (exact) mass is 288 g/mol. The van der Waals surface area contributed by atoms with Crippen molar-refractivity contribution in [2.75, 3.05) is 7.11 Å². The van der Waals surface area contributed by atoms with Crippen molar-refractivity contribution in [1.29, 1.82) is 0 Å². The first-order valence-electron chi connectivity index (χ1n) is 7.77. The van der Waals surface area contributed by atoms with Gasteiger partial charge in [-0.2, -0.15) is 0 Å². The minimum Gasteiger partial charge on any atom is -0.381 e. The Morgan fingerprint density at radius 2 is 1.90 bits per heavy atom. The van der Waals surface area contributed by atoms with Crippen molar-refractivity contribution in [3.8, 4) is 0 Å². The summed E-state index contributed by atoms with van der Waals surface area (Å²) in [5.41, 5.74) is 1.05. The third-order valence-electron chi connectivity index (χ3n) is 4.70. The Kier molecular flexibility index (Phi) is 4.00. The zero-order valence-electron chi connectivity index (χ0n) is 13.0. The largest absolute Gasteiger partial charge is 0.381 e. The summed E-state index contributed by atoms with van der Waals surface area (Å²) in [5, 5.41) is 3.52. The van der Waals surface area contributed by atoms with Gasteiger partial charge in [0, 0.05) is 13.2 Å². The molecular weight excluding hydrogens is 264 g/mol. The van der Waals surface area contributed by atoms with Gasteiger partial charge in [-0.3, -0.25) is 10.1 Å². The lowest BCUT2D eigenvalue weighted by atomic mass is 9.87. The smallest absolute Gasteiger partial charge is 0.245 e. The zero-order chi connectivity index (χ0) is 15.0. The van der Waals surface area contributed by atoms with Crippen LogP contribution in [0.2, 0.25) is 0 Å². The summed E-state index contributed by atoms with van der Waals surface area (Å²) in [6.45, 7) is 4.33. The van der Waals surface area contributed by atoms with Crippen LogP contribution in [-0.4, -0.2) is 36.2 Å². The van der Waals surface area contributed by atoms with E-state index in [4.69, 9.17) is 4.74 Å². The van der Waals surface area contributed by atoms with E-state index in [9.17, 15) is 4.79 Å². The van der Waals surface area contributed by atoms with Gasteiger partial charge in [-0.15, -0.1) is 0 Å². The number of rotatable bonds is 4. The van der Waals surface area contributed by atoms with E-state index in [0.29, 0.717) is 18.1 Å². The van der Waals surface area contributed by atoms with Crippen molar-refractivity contribution >= 4 is 5.91 Å². The summed E-state index contributed by atoms with van der Waals surface area (Å²) in [6.07, 6.45) is 2.33. The molecule has 0 bridgehead atoms. The maximum Gasteiger partial charge on any atom is 0.245 e. The van der Waals surface area contributed by atoms with E-state index in [1.165, 1.54) is 0 Å². The van der Waals surface area contributed by atoms with Gasteiger partial charge >= 0.3 is 0 Å². The first-order chi connectivity index (χ1) is 10.1. The molecule has 1 saturated heterocycles. The van der Waals surface area contributed by atoms with Crippen LogP contribution in [0.25, 0.3) is 0 Å². The maximum absolute atomic E-state index is 12.9. The van der Waals surface area contributed by atoms with Crippen molar-refractivity contribution in [1.82, 2.24) is 10.2 Å². The Bertz CT molecular complexity index is 497. The van der Waals surface area contributed by atoms with Crippen molar-refractivity contribution in [2.45, 2.75) is 51.0 Å². The van der Waals surface area contributed by atoms with Crippen LogP contribution in [0.3, 0.4) is 0 Å². The van der Waals surface area contributed by atoms with Gasteiger partial charge in [0.05, 0.1) is 12.3 Å². The Morgan fingerprint density at radius 3 is 2.48 bits per heavy atom. The molecule has 1 N–H and O–H groups in total. The predicted octanol–water partition coefficient (Wildman–Crippen LogP) is 2.32. The molecule has 1 aliphatic heterocycles. The second kappa shape index (κ2) is 5.78. The Morgan fingerprint density at radius 1 is 1.24 bits per heavy atom. The fourth-order valence-electron chi connectivity index (χ4n) is 3.37. The average molecular weight is 288 g/mol. The molecule has 0 aromatic heterocycles. The fourth-order valence-corrected chi connectivity index (χ4v) is 3.37. The van der Waals surface area contributed by atoms with E-state index < -0.39 is 0 Å². The number of ether oxygens (including phenoxy) is 1. The number of carbonyl (C=O) groups is 1. The molecule has 1 heterocycles. The van der Waals surface area contributed by atoms with Gasteiger partial charge in [-0.25, -0.2) is 0 Å². The molecular formula is C17H24N2O2. The number of carbonyl (C=O) groups excluding carboxylic acids is 1. The molecule has 4 nitrogen and oxygen atoms in total. The van der Waals surface area contributed by atoms with E-state index in [2.05, 4.69) is 24.1 Å². The molecule has 2 unspecified atom stereocenters. The van der Waals surface area contributed by atoms with Gasteiger partial charge in [0.15, 0.2) is 0 Å². The molecule has 2 fully saturated rings. The average Bonchev–Trinajstić information content (AvgIpc) is 2.77. The van der Waals surface area contributed by atoms with Crippen LogP contribution in [0.1, 0.15) is 38.3 Å². The maximum atomic E-state index is 12.9. The standard InChI is InChI=1S/C17H24N2O2/c1-11(2)16-18-15(12-7-5-4-6-8-12)17(20)19(16)13-9-14(10-13)21-3/h4-8,11,13-16,18H,9-10H2,1-3H3. The van der Waals surface area contributed by atoms with E-state index in [1.54, 1.807) is 7.11 Å². The highest BCUT2D eigenvalue weighted by Gasteiger charge is 2.47. The van der Waals surface area contributed by atoms with Crippen LogP contribution < -0.4 is 5.32 Å². The predicted molar refractivity (Wildman–Crippen MR) is 81.6 cm³/mol. The van der Waals surface area contributed by atoms with Crippen molar-refractivity contribution in [2.24, 2.45) is 5.92 Å². The quantitative estimate of drug-likeness (QED) is 0.924. The molecule has 1 aliphatic carbocycles. The topological polar surface area (TPSA) is 41.6 Å². The summed E-state index contributed by atoms with van der Waals surface area (Å²) >= 11 is 0. The van der Waals surface area contributed by atoms with Crippen LogP contribution in [0, 0.1) is 5.92 Å². The summed E-state index contributed by atoms with van der Waals surface area (Å²) in [4.78, 5) is 14.9. The minimum atomic E-state index is -0.208. The van der Waals surface area contributed by atoms with Crippen molar-refractivity contribution < 1.29 is 9.53 Å². The summed E-state index contributed by atoms with van der Waals surface area (Å²) in [6, 6.07) is 10.1. The van der Waals surface area contributed by atoms with Gasteiger partial charge in [0.25, 0.3) is 0 Å².